The number of benzene rings is 1. The molecule has 0 atom stereocenters. The van der Waals surface area contributed by atoms with Gasteiger partial charge in [-0.3, -0.25) is 0 Å². The fourth-order valence-electron chi connectivity index (χ4n) is 1.14. The molecule has 56 valence electrons. The minimum atomic E-state index is 0.890. The summed E-state index contributed by atoms with van der Waals surface area (Å²) in [7, 11) is 0. The predicted octanol–water partition coefficient (Wildman–Crippen LogP) is 2.18. The van der Waals surface area contributed by atoms with Crippen molar-refractivity contribution in [3.8, 4) is 23.7 Å². The van der Waals surface area contributed by atoms with Crippen LogP contribution in [0.5, 0.6) is 0 Å². The van der Waals surface area contributed by atoms with Crippen molar-refractivity contribution in [3.05, 3.63) is 35.4 Å². The Bertz CT molecular complexity index is 364. The summed E-state index contributed by atoms with van der Waals surface area (Å²) in [5.41, 5.74) is 2.12. The Morgan fingerprint density at radius 1 is 0.833 bits per heavy atom. The van der Waals surface area contributed by atoms with Crippen LogP contribution < -0.4 is 0 Å². The Balaban J connectivity index is 2.57. The van der Waals surface area contributed by atoms with E-state index in [0.29, 0.717) is 0 Å². The SMILES string of the molecule is C1#Cc2ccccc2C#CCC1. The van der Waals surface area contributed by atoms with Gasteiger partial charge in [0.25, 0.3) is 0 Å². The van der Waals surface area contributed by atoms with E-state index >= 15 is 0 Å². The summed E-state index contributed by atoms with van der Waals surface area (Å²) in [4.78, 5) is 0. The maximum absolute atomic E-state index is 3.11. The number of rotatable bonds is 0. The standard InChI is InChI=1S/C12H8/c1-2-4-8-12-10-6-5-9-11(12)7-3-1/h5-6,9-10H,1-2H2. The highest BCUT2D eigenvalue weighted by Gasteiger charge is 1.94. The second kappa shape index (κ2) is 3.16. The van der Waals surface area contributed by atoms with Crippen molar-refractivity contribution in [1.29, 1.82) is 0 Å². The van der Waals surface area contributed by atoms with Crippen molar-refractivity contribution in [2.24, 2.45) is 0 Å². The molecule has 0 spiro atoms. The summed E-state index contributed by atoms with van der Waals surface area (Å²) >= 11 is 0. The van der Waals surface area contributed by atoms with E-state index in [0.717, 1.165) is 24.0 Å². The molecule has 1 aliphatic carbocycles. The van der Waals surface area contributed by atoms with Gasteiger partial charge in [0.2, 0.25) is 0 Å². The van der Waals surface area contributed by atoms with Crippen LogP contribution in [0.1, 0.15) is 24.0 Å². The predicted molar refractivity (Wildman–Crippen MR) is 49.4 cm³/mol. The molecule has 0 unspecified atom stereocenters. The lowest BCUT2D eigenvalue weighted by atomic mass is 10.1. The van der Waals surface area contributed by atoms with Gasteiger partial charge in [-0.05, 0) is 12.1 Å². The average molecular weight is 152 g/mol. The van der Waals surface area contributed by atoms with Crippen molar-refractivity contribution in [2.45, 2.75) is 12.8 Å². The normalized spacial score (nSPS) is 12.3. The molecule has 1 aromatic rings. The molecule has 0 heterocycles. The highest BCUT2D eigenvalue weighted by molar-refractivity contribution is 5.50. The zero-order valence-corrected chi connectivity index (χ0v) is 6.72. The second-order valence-electron chi connectivity index (χ2n) is 2.65. The van der Waals surface area contributed by atoms with Gasteiger partial charge in [0.1, 0.15) is 0 Å². The first-order valence-corrected chi connectivity index (χ1v) is 4.03. The van der Waals surface area contributed by atoms with Crippen molar-refractivity contribution < 1.29 is 0 Å². The van der Waals surface area contributed by atoms with Gasteiger partial charge >= 0.3 is 0 Å². The zero-order valence-electron chi connectivity index (χ0n) is 6.72. The topological polar surface area (TPSA) is 0 Å². The van der Waals surface area contributed by atoms with Crippen LogP contribution in [0, 0.1) is 23.7 Å². The lowest BCUT2D eigenvalue weighted by Crippen LogP contribution is -1.84. The first kappa shape index (κ1) is 7.01. The molecule has 0 heteroatoms. The zero-order chi connectivity index (χ0) is 8.23. The highest BCUT2D eigenvalue weighted by atomic mass is 14.0. The van der Waals surface area contributed by atoms with Crippen LogP contribution in [0.4, 0.5) is 0 Å². The summed E-state index contributed by atoms with van der Waals surface area (Å²) in [6.45, 7) is 0. The molecule has 1 aromatic carbocycles. The molecule has 2 rings (SSSR count). The lowest BCUT2D eigenvalue weighted by molar-refractivity contribution is 1.12. The first-order valence-electron chi connectivity index (χ1n) is 4.03. The van der Waals surface area contributed by atoms with Gasteiger partial charge in [-0.25, -0.2) is 0 Å². The molecule has 0 nitrogen and oxygen atoms in total. The first-order chi connectivity index (χ1) is 5.97. The Morgan fingerprint density at radius 3 is 1.83 bits per heavy atom. The van der Waals surface area contributed by atoms with Crippen LogP contribution in [-0.4, -0.2) is 0 Å². The quantitative estimate of drug-likeness (QED) is 0.500. The van der Waals surface area contributed by atoms with E-state index in [9.17, 15) is 0 Å². The molecule has 0 aliphatic heterocycles. The van der Waals surface area contributed by atoms with E-state index < -0.39 is 0 Å². The van der Waals surface area contributed by atoms with Crippen molar-refractivity contribution >= 4 is 0 Å². The van der Waals surface area contributed by atoms with Crippen LogP contribution >= 0.6 is 0 Å². The smallest absolute Gasteiger partial charge is 0.0401 e. The molecule has 0 saturated carbocycles. The molecular formula is C12H8. The van der Waals surface area contributed by atoms with E-state index in [-0.39, 0.29) is 0 Å². The van der Waals surface area contributed by atoms with E-state index in [4.69, 9.17) is 0 Å². The second-order valence-corrected chi connectivity index (χ2v) is 2.65. The molecule has 0 aromatic heterocycles. The van der Waals surface area contributed by atoms with Gasteiger partial charge in [-0.15, -0.1) is 0 Å². The molecular weight excluding hydrogens is 144 g/mol. The summed E-state index contributed by atoms with van der Waals surface area (Å²) in [6.07, 6.45) is 1.78. The van der Waals surface area contributed by atoms with Gasteiger partial charge in [-0.2, -0.15) is 0 Å². The summed E-state index contributed by atoms with van der Waals surface area (Å²) in [5, 5.41) is 0. The molecule has 0 amide bonds. The van der Waals surface area contributed by atoms with Gasteiger partial charge < -0.3 is 0 Å². The third-order valence-electron chi connectivity index (χ3n) is 1.75. The van der Waals surface area contributed by atoms with E-state index in [2.05, 4.69) is 23.7 Å². The van der Waals surface area contributed by atoms with Crippen LogP contribution in [0.2, 0.25) is 0 Å². The van der Waals surface area contributed by atoms with Gasteiger partial charge in [0, 0.05) is 24.0 Å². The van der Waals surface area contributed by atoms with Crippen molar-refractivity contribution in [3.63, 3.8) is 0 Å². The minimum absolute atomic E-state index is 0.890. The summed E-state index contributed by atoms with van der Waals surface area (Å²) in [5.74, 6) is 12.4. The molecule has 0 saturated heterocycles. The summed E-state index contributed by atoms with van der Waals surface area (Å²) < 4.78 is 0. The Labute approximate surface area is 72.6 Å². The van der Waals surface area contributed by atoms with Crippen LogP contribution in [0.15, 0.2) is 24.3 Å². The molecule has 12 heavy (non-hydrogen) atoms. The monoisotopic (exact) mass is 152 g/mol. The Hall–Kier alpha value is -1.66. The van der Waals surface area contributed by atoms with Crippen molar-refractivity contribution in [2.75, 3.05) is 0 Å². The fourth-order valence-corrected chi connectivity index (χ4v) is 1.14. The molecule has 1 aliphatic rings. The third-order valence-corrected chi connectivity index (χ3v) is 1.75. The largest absolute Gasteiger partial charge is 0.0969 e. The number of fused-ring (bicyclic) bond motifs is 1. The average Bonchev–Trinajstić information content (AvgIpc) is 2.06. The van der Waals surface area contributed by atoms with E-state index in [1.165, 1.54) is 0 Å². The summed E-state index contributed by atoms with van der Waals surface area (Å²) in [6, 6.07) is 8.03. The van der Waals surface area contributed by atoms with Crippen LogP contribution in [-0.2, 0) is 0 Å². The number of hydrogen-bond donors (Lipinski definition) is 0. The Kier molecular flexibility index (Phi) is 1.85. The number of hydrogen-bond acceptors (Lipinski definition) is 0. The lowest BCUT2D eigenvalue weighted by Gasteiger charge is -1.96. The van der Waals surface area contributed by atoms with E-state index in [1.54, 1.807) is 0 Å². The van der Waals surface area contributed by atoms with Crippen molar-refractivity contribution in [1.82, 2.24) is 0 Å². The fraction of sp³-hybridized carbons (Fsp3) is 0.167. The van der Waals surface area contributed by atoms with Crippen LogP contribution in [0.25, 0.3) is 0 Å². The van der Waals surface area contributed by atoms with Crippen LogP contribution in [0.3, 0.4) is 0 Å². The third kappa shape index (κ3) is 1.34. The van der Waals surface area contributed by atoms with Gasteiger partial charge in [0.15, 0.2) is 0 Å². The van der Waals surface area contributed by atoms with Gasteiger partial charge in [-0.1, -0.05) is 35.8 Å². The van der Waals surface area contributed by atoms with E-state index in [1.807, 2.05) is 24.3 Å². The van der Waals surface area contributed by atoms with Gasteiger partial charge in [0.05, 0.1) is 0 Å². The Morgan fingerprint density at radius 2 is 1.33 bits per heavy atom. The molecule has 0 N–H and O–H groups in total. The highest BCUT2D eigenvalue weighted by Crippen LogP contribution is 2.06. The molecule has 0 fully saturated rings. The molecule has 0 radical (unpaired) electrons. The maximum Gasteiger partial charge on any atom is 0.0401 e. The molecule has 0 bridgehead atoms. The minimum Gasteiger partial charge on any atom is -0.0969 e. The maximum atomic E-state index is 3.11.